The van der Waals surface area contributed by atoms with Gasteiger partial charge in [0.25, 0.3) is 0 Å². The van der Waals surface area contributed by atoms with Gasteiger partial charge in [-0.1, -0.05) is 30.3 Å². The number of para-hydroxylation sites is 1. The van der Waals surface area contributed by atoms with Crippen LogP contribution in [0.5, 0.6) is 5.75 Å². The van der Waals surface area contributed by atoms with Gasteiger partial charge >= 0.3 is 5.97 Å². The van der Waals surface area contributed by atoms with Gasteiger partial charge in [-0.2, -0.15) is 0 Å². The van der Waals surface area contributed by atoms with Crippen molar-refractivity contribution in [3.63, 3.8) is 0 Å². The molecular formula is C29H28N2O4. The highest BCUT2D eigenvalue weighted by Gasteiger charge is 2.44. The molecule has 0 bridgehead atoms. The molecule has 6 heteroatoms. The van der Waals surface area contributed by atoms with Gasteiger partial charge in [0.1, 0.15) is 12.4 Å². The molecule has 4 aromatic rings. The summed E-state index contributed by atoms with van der Waals surface area (Å²) in [6.45, 7) is 5.04. The number of ketones is 1. The Balaban J connectivity index is 1.34. The minimum atomic E-state index is -1.72. The van der Waals surface area contributed by atoms with E-state index in [9.17, 15) is 14.7 Å². The Kier molecular flexibility index (Phi) is 5.81. The SMILES string of the molecule is CCN1c2ccccc2C[C@H]1COc1ccc(C(=O)C(C)(C(=O)O)c2cccc3[nH]ccc23)cc1. The maximum absolute atomic E-state index is 13.5. The smallest absolute Gasteiger partial charge is 0.321 e. The first-order valence-electron chi connectivity index (χ1n) is 11.9. The van der Waals surface area contributed by atoms with Crippen LogP contribution in [0.1, 0.15) is 35.3 Å². The van der Waals surface area contributed by atoms with Crippen molar-refractivity contribution in [2.75, 3.05) is 18.1 Å². The van der Waals surface area contributed by atoms with Gasteiger partial charge < -0.3 is 19.7 Å². The normalized spacial score (nSPS) is 16.6. The molecule has 0 aliphatic carbocycles. The zero-order chi connectivity index (χ0) is 24.6. The molecule has 2 N–H and O–H groups in total. The van der Waals surface area contributed by atoms with Crippen molar-refractivity contribution in [3.8, 4) is 5.75 Å². The Labute approximate surface area is 204 Å². The van der Waals surface area contributed by atoms with E-state index in [1.54, 1.807) is 48.7 Å². The van der Waals surface area contributed by atoms with E-state index in [4.69, 9.17) is 4.74 Å². The third-order valence-electron chi connectivity index (χ3n) is 7.11. The van der Waals surface area contributed by atoms with Gasteiger partial charge in [-0.25, -0.2) is 0 Å². The van der Waals surface area contributed by atoms with Gasteiger partial charge in [-0.3, -0.25) is 9.59 Å². The van der Waals surface area contributed by atoms with E-state index in [1.165, 1.54) is 18.2 Å². The number of ether oxygens (including phenoxy) is 1. The van der Waals surface area contributed by atoms with E-state index in [0.29, 0.717) is 23.5 Å². The van der Waals surface area contributed by atoms with Gasteiger partial charge in [-0.15, -0.1) is 0 Å². The van der Waals surface area contributed by atoms with Crippen LogP contribution in [0.15, 0.2) is 79.0 Å². The lowest BCUT2D eigenvalue weighted by molar-refractivity contribution is -0.141. The van der Waals surface area contributed by atoms with Crippen LogP contribution >= 0.6 is 0 Å². The molecule has 1 aliphatic rings. The van der Waals surface area contributed by atoms with Gasteiger partial charge in [0.15, 0.2) is 11.2 Å². The molecule has 1 aromatic heterocycles. The first kappa shape index (κ1) is 22.7. The second-order valence-corrected chi connectivity index (χ2v) is 9.11. The molecule has 0 spiro atoms. The van der Waals surface area contributed by atoms with Crippen LogP contribution in [0.25, 0.3) is 10.9 Å². The summed E-state index contributed by atoms with van der Waals surface area (Å²) in [5.41, 5.74) is 2.46. The Hall–Kier alpha value is -4.06. The van der Waals surface area contributed by atoms with Crippen molar-refractivity contribution in [1.82, 2.24) is 4.98 Å². The second kappa shape index (κ2) is 8.95. The van der Waals surface area contributed by atoms with Crippen molar-refractivity contribution in [2.45, 2.75) is 31.7 Å². The highest BCUT2D eigenvalue weighted by molar-refractivity contribution is 6.18. The van der Waals surface area contributed by atoms with E-state index in [-0.39, 0.29) is 6.04 Å². The number of fused-ring (bicyclic) bond motifs is 2. The molecule has 2 atom stereocenters. The summed E-state index contributed by atoms with van der Waals surface area (Å²) >= 11 is 0. The van der Waals surface area contributed by atoms with Crippen molar-refractivity contribution >= 4 is 28.3 Å². The number of hydrogen-bond donors (Lipinski definition) is 2. The van der Waals surface area contributed by atoms with Gasteiger partial charge in [0.05, 0.1) is 6.04 Å². The minimum Gasteiger partial charge on any atom is -0.491 e. The summed E-state index contributed by atoms with van der Waals surface area (Å²) in [6, 6.07) is 22.6. The average molecular weight is 469 g/mol. The highest BCUT2D eigenvalue weighted by Crippen LogP contribution is 2.35. The monoisotopic (exact) mass is 468 g/mol. The Morgan fingerprint density at radius 1 is 1.06 bits per heavy atom. The highest BCUT2D eigenvalue weighted by atomic mass is 16.5. The molecule has 35 heavy (non-hydrogen) atoms. The molecule has 2 heterocycles. The summed E-state index contributed by atoms with van der Waals surface area (Å²) in [5, 5.41) is 10.9. The number of H-pyrrole nitrogens is 1. The minimum absolute atomic E-state index is 0.246. The summed E-state index contributed by atoms with van der Waals surface area (Å²) in [7, 11) is 0. The lowest BCUT2D eigenvalue weighted by Gasteiger charge is -2.26. The van der Waals surface area contributed by atoms with Gasteiger partial charge in [0.2, 0.25) is 0 Å². The van der Waals surface area contributed by atoms with Crippen LogP contribution in [-0.2, 0) is 16.6 Å². The molecule has 0 fully saturated rings. The maximum atomic E-state index is 13.5. The number of hydrogen-bond acceptors (Lipinski definition) is 4. The number of nitrogens with zero attached hydrogens (tertiary/aromatic N) is 1. The summed E-state index contributed by atoms with van der Waals surface area (Å²) in [5.74, 6) is -0.996. The van der Waals surface area contributed by atoms with Crippen LogP contribution in [0, 0.1) is 0 Å². The number of rotatable bonds is 8. The number of carbonyl (C=O) groups is 2. The largest absolute Gasteiger partial charge is 0.491 e. The number of likely N-dealkylation sites (N-methyl/N-ethyl adjacent to an activating group) is 1. The lowest BCUT2D eigenvalue weighted by atomic mass is 9.75. The molecule has 3 aromatic carbocycles. The van der Waals surface area contributed by atoms with Crippen LogP contribution in [0.4, 0.5) is 5.69 Å². The van der Waals surface area contributed by atoms with Crippen molar-refractivity contribution in [2.24, 2.45) is 0 Å². The van der Waals surface area contributed by atoms with E-state index >= 15 is 0 Å². The first-order valence-corrected chi connectivity index (χ1v) is 11.9. The number of carboxylic acids is 1. The molecule has 1 unspecified atom stereocenters. The van der Waals surface area contributed by atoms with Crippen LogP contribution < -0.4 is 9.64 Å². The van der Waals surface area contributed by atoms with Crippen molar-refractivity contribution in [3.05, 3.63) is 95.7 Å². The predicted octanol–water partition coefficient (Wildman–Crippen LogP) is 5.22. The number of benzene rings is 3. The molecule has 0 amide bonds. The Bertz CT molecular complexity index is 1390. The fourth-order valence-corrected chi connectivity index (χ4v) is 5.14. The van der Waals surface area contributed by atoms with Crippen LogP contribution in [0.2, 0.25) is 0 Å². The van der Waals surface area contributed by atoms with Gasteiger partial charge in [-0.05, 0) is 73.9 Å². The third kappa shape index (κ3) is 3.85. The molecule has 178 valence electrons. The molecule has 0 saturated carbocycles. The number of aromatic nitrogens is 1. The number of aromatic amines is 1. The van der Waals surface area contributed by atoms with E-state index in [2.05, 4.69) is 41.1 Å². The van der Waals surface area contributed by atoms with Crippen LogP contribution in [-0.4, -0.2) is 41.0 Å². The number of Topliss-reactive ketones (excluding diaryl/α,β-unsaturated/α-hetero) is 1. The number of anilines is 1. The third-order valence-corrected chi connectivity index (χ3v) is 7.11. The van der Waals surface area contributed by atoms with E-state index in [0.717, 1.165) is 23.9 Å². The standard InChI is InChI=1S/C29H28N2O4/c1-3-31-21(17-20-7-4-5-10-26(20)31)18-35-22-13-11-19(12-14-22)27(32)29(2,28(33)34)24-8-6-9-25-23(24)15-16-30-25/h4-16,21,30H,3,17-18H2,1-2H3,(H,33,34)/t21-,29?/m0/s1. The van der Waals surface area contributed by atoms with Crippen LogP contribution in [0.3, 0.4) is 0 Å². The Morgan fingerprint density at radius 3 is 2.57 bits per heavy atom. The fourth-order valence-electron chi connectivity index (χ4n) is 5.14. The number of nitrogens with one attached hydrogen (secondary N) is 1. The number of aliphatic carboxylic acids is 1. The summed E-state index contributed by atoms with van der Waals surface area (Å²) in [6.07, 6.45) is 2.68. The molecule has 1 aliphatic heterocycles. The molecule has 5 rings (SSSR count). The average Bonchev–Trinajstić information content (AvgIpc) is 3.50. The summed E-state index contributed by atoms with van der Waals surface area (Å²) < 4.78 is 6.08. The second-order valence-electron chi connectivity index (χ2n) is 9.11. The summed E-state index contributed by atoms with van der Waals surface area (Å²) in [4.78, 5) is 31.4. The zero-order valence-electron chi connectivity index (χ0n) is 19.8. The van der Waals surface area contributed by atoms with E-state index in [1.807, 2.05) is 6.07 Å². The van der Waals surface area contributed by atoms with Crippen molar-refractivity contribution < 1.29 is 19.4 Å². The van der Waals surface area contributed by atoms with Gasteiger partial charge in [0, 0.05) is 34.9 Å². The fraction of sp³-hybridized carbons (Fsp3) is 0.241. The van der Waals surface area contributed by atoms with Crippen molar-refractivity contribution in [1.29, 1.82) is 0 Å². The molecule has 0 radical (unpaired) electrons. The first-order chi connectivity index (χ1) is 16.9. The maximum Gasteiger partial charge on any atom is 0.321 e. The lowest BCUT2D eigenvalue weighted by Crippen LogP contribution is -2.41. The number of carbonyl (C=O) groups excluding carboxylic acids is 1. The molecule has 0 saturated heterocycles. The zero-order valence-corrected chi connectivity index (χ0v) is 19.8. The molecule has 6 nitrogen and oxygen atoms in total. The number of carboxylic acid groups (broad SMARTS) is 1. The topological polar surface area (TPSA) is 82.6 Å². The Morgan fingerprint density at radius 2 is 1.83 bits per heavy atom. The predicted molar refractivity (Wildman–Crippen MR) is 137 cm³/mol. The van der Waals surface area contributed by atoms with E-state index < -0.39 is 17.2 Å². The quantitative estimate of drug-likeness (QED) is 0.274. The molecular weight excluding hydrogens is 440 g/mol.